The van der Waals surface area contributed by atoms with Crippen LogP contribution >= 0.6 is 46.4 Å². The van der Waals surface area contributed by atoms with E-state index in [-0.39, 0.29) is 30.2 Å². The van der Waals surface area contributed by atoms with Crippen molar-refractivity contribution in [2.45, 2.75) is 28.8 Å². The maximum absolute atomic E-state index is 13.9. The van der Waals surface area contributed by atoms with Gasteiger partial charge in [0, 0.05) is 12.3 Å². The van der Waals surface area contributed by atoms with E-state index in [4.69, 9.17) is 55.9 Å². The molecule has 1 fully saturated rings. The van der Waals surface area contributed by atoms with E-state index >= 15 is 0 Å². The number of Topliss-reactive ketones (excluding diaryl/α,β-unsaturated/α-hetero) is 2. The lowest BCUT2D eigenvalue weighted by Crippen LogP contribution is -2.67. The first-order valence-electron chi connectivity index (χ1n) is 13.3. The summed E-state index contributed by atoms with van der Waals surface area (Å²) in [5, 5.41) is 9.25. The van der Waals surface area contributed by atoms with Crippen LogP contribution < -0.4 is 20.9 Å². The van der Waals surface area contributed by atoms with Crippen LogP contribution in [0.4, 0.5) is 0 Å². The number of allylic oxidation sites excluding steroid dienone is 5. The van der Waals surface area contributed by atoms with Gasteiger partial charge >= 0.3 is 11.4 Å². The van der Waals surface area contributed by atoms with Gasteiger partial charge in [-0.3, -0.25) is 9.59 Å². The molecule has 0 spiro atoms. The number of ketones is 2. The summed E-state index contributed by atoms with van der Waals surface area (Å²) in [5.41, 5.74) is 0.0551. The Morgan fingerprint density at radius 2 is 1.55 bits per heavy atom. The average Bonchev–Trinajstić information content (AvgIpc) is 3.29. The Morgan fingerprint density at radius 1 is 0.932 bits per heavy atom. The zero-order chi connectivity index (χ0) is 31.7. The second-order valence-electron chi connectivity index (χ2n) is 10.5. The van der Waals surface area contributed by atoms with Crippen LogP contribution in [0.5, 0.6) is 17.2 Å². The SMILES string of the molecule is COc1cc(C=CC2C3=CCn4c(=O)n(-c5ccccc5)c(=O)n4C3CC3(Cl)C(=O)C(Cl)=C(Cl)C(=O)C23Cl)cc(OC)c1O. The quantitative estimate of drug-likeness (QED) is 0.311. The largest absolute Gasteiger partial charge is 0.502 e. The van der Waals surface area contributed by atoms with Crippen LogP contribution in [0.1, 0.15) is 18.0 Å². The minimum atomic E-state index is -2.16. The van der Waals surface area contributed by atoms with Gasteiger partial charge in [0.1, 0.15) is 19.8 Å². The third kappa shape index (κ3) is 4.08. The van der Waals surface area contributed by atoms with Crippen molar-refractivity contribution in [2.24, 2.45) is 5.92 Å². The molecule has 1 aliphatic heterocycles. The fourth-order valence-electron chi connectivity index (χ4n) is 6.23. The number of hydrogen-bond donors (Lipinski definition) is 1. The third-order valence-electron chi connectivity index (χ3n) is 8.36. The number of hydrogen-bond acceptors (Lipinski definition) is 7. The molecule has 1 saturated carbocycles. The van der Waals surface area contributed by atoms with E-state index in [1.807, 2.05) is 0 Å². The Bertz CT molecular complexity index is 1930. The lowest BCUT2D eigenvalue weighted by molar-refractivity contribution is -0.129. The minimum absolute atomic E-state index is 0.0281. The summed E-state index contributed by atoms with van der Waals surface area (Å²) in [6.07, 6.45) is 4.51. The van der Waals surface area contributed by atoms with Gasteiger partial charge in [-0.15, -0.1) is 23.2 Å². The maximum atomic E-state index is 13.9. The van der Waals surface area contributed by atoms with E-state index < -0.39 is 54.7 Å². The smallest absolute Gasteiger partial charge is 0.352 e. The molecular weight excluding hydrogens is 656 g/mol. The van der Waals surface area contributed by atoms with E-state index in [9.17, 15) is 24.3 Å². The van der Waals surface area contributed by atoms with Gasteiger partial charge in [0.25, 0.3) is 0 Å². The number of aromatic hydroxyl groups is 1. The molecule has 0 radical (unpaired) electrons. The summed E-state index contributed by atoms with van der Waals surface area (Å²) in [6.45, 7) is -0.0281. The van der Waals surface area contributed by atoms with Crippen LogP contribution in [0.25, 0.3) is 11.8 Å². The molecule has 228 valence electrons. The molecular formula is C30H23Cl4N3O7. The number of phenolic OH excluding ortho intramolecular Hbond substituents is 1. The Kier molecular flexibility index (Phi) is 7.40. The lowest BCUT2D eigenvalue weighted by atomic mass is 9.60. The standard InChI is InChI=1S/C30H23Cl4N3O7/c1-43-20-12-15(13-21(44-2)24(20)38)8-9-18-17-10-11-35-27(41)36(16-6-4-3-5-7-16)28(42)37(35)19(17)14-29(33)25(39)22(31)23(32)26(40)30(18,29)34/h3-10,12-13,18-19,38H,11,14H2,1-2H3. The summed E-state index contributed by atoms with van der Waals surface area (Å²) < 4.78 is 14.0. The number of fused-ring (bicyclic) bond motifs is 4. The van der Waals surface area contributed by atoms with Gasteiger partial charge in [-0.05, 0) is 35.4 Å². The second-order valence-corrected chi connectivity index (χ2v) is 12.5. The van der Waals surface area contributed by atoms with Gasteiger partial charge in [0.2, 0.25) is 5.75 Å². The number of aromatic nitrogens is 3. The molecule has 3 aliphatic rings. The van der Waals surface area contributed by atoms with Crippen LogP contribution in [0.15, 0.2) is 79.8 Å². The number of phenols is 1. The molecule has 1 aromatic heterocycles. The number of benzene rings is 2. The summed E-state index contributed by atoms with van der Waals surface area (Å²) in [5.74, 6) is -2.82. The molecule has 2 aromatic carbocycles. The van der Waals surface area contributed by atoms with Crippen LogP contribution in [-0.4, -0.2) is 54.6 Å². The molecule has 0 amide bonds. The van der Waals surface area contributed by atoms with Crippen LogP contribution in [0, 0.1) is 5.92 Å². The molecule has 2 heterocycles. The van der Waals surface area contributed by atoms with Crippen LogP contribution in [-0.2, 0) is 16.1 Å². The van der Waals surface area contributed by atoms with Crippen molar-refractivity contribution in [1.82, 2.24) is 13.9 Å². The number of carbonyl (C=O) groups is 2. The fourth-order valence-corrected chi connectivity index (χ4v) is 7.71. The topological polar surface area (TPSA) is 122 Å². The Hall–Kier alpha value is -3.70. The zero-order valence-electron chi connectivity index (χ0n) is 23.1. The Balaban J connectivity index is 1.57. The monoisotopic (exact) mass is 677 g/mol. The van der Waals surface area contributed by atoms with Crippen LogP contribution in [0.3, 0.4) is 0 Å². The van der Waals surface area contributed by atoms with E-state index in [0.717, 1.165) is 4.57 Å². The summed E-state index contributed by atoms with van der Waals surface area (Å²) in [4.78, 5) is 50.6. The highest BCUT2D eigenvalue weighted by Crippen LogP contribution is 2.61. The number of methoxy groups -OCH3 is 2. The van der Waals surface area contributed by atoms with Gasteiger partial charge in [-0.2, -0.15) is 0 Å². The normalized spacial score (nSPS) is 26.3. The summed E-state index contributed by atoms with van der Waals surface area (Å²) in [6, 6.07) is 10.5. The van der Waals surface area contributed by atoms with Crippen molar-refractivity contribution in [1.29, 1.82) is 0 Å². The highest BCUT2D eigenvalue weighted by atomic mass is 35.5. The van der Waals surface area contributed by atoms with E-state index in [2.05, 4.69) is 0 Å². The second kappa shape index (κ2) is 10.7. The van der Waals surface area contributed by atoms with Gasteiger partial charge < -0.3 is 14.6 Å². The van der Waals surface area contributed by atoms with Crippen molar-refractivity contribution in [3.8, 4) is 22.9 Å². The molecule has 1 N–H and O–H groups in total. The minimum Gasteiger partial charge on any atom is -0.502 e. The van der Waals surface area contributed by atoms with Crippen molar-refractivity contribution < 1.29 is 24.2 Å². The molecule has 4 atom stereocenters. The number of ether oxygens (including phenoxy) is 2. The Labute approximate surface area is 269 Å². The van der Waals surface area contributed by atoms with Gasteiger partial charge in [0.15, 0.2) is 23.1 Å². The van der Waals surface area contributed by atoms with E-state index in [1.54, 1.807) is 48.6 Å². The number of halogens is 4. The third-order valence-corrected chi connectivity index (χ3v) is 10.6. The number of para-hydroxylation sites is 1. The number of alkyl halides is 2. The Morgan fingerprint density at radius 3 is 2.16 bits per heavy atom. The van der Waals surface area contributed by atoms with E-state index in [1.165, 1.54) is 35.7 Å². The molecule has 3 aromatic rings. The van der Waals surface area contributed by atoms with Crippen molar-refractivity contribution in [3.63, 3.8) is 0 Å². The molecule has 0 saturated heterocycles. The first kappa shape index (κ1) is 30.3. The molecule has 6 rings (SSSR count). The maximum Gasteiger partial charge on any atom is 0.352 e. The summed E-state index contributed by atoms with van der Waals surface area (Å²) in [7, 11) is 2.75. The summed E-state index contributed by atoms with van der Waals surface area (Å²) >= 11 is 26.8. The molecule has 14 heteroatoms. The van der Waals surface area contributed by atoms with Gasteiger partial charge in [-0.1, -0.05) is 59.6 Å². The molecule has 2 aliphatic carbocycles. The first-order chi connectivity index (χ1) is 20.9. The zero-order valence-corrected chi connectivity index (χ0v) is 26.1. The van der Waals surface area contributed by atoms with Gasteiger partial charge in [0.05, 0.1) is 32.5 Å². The predicted octanol–water partition coefficient (Wildman–Crippen LogP) is 4.53. The van der Waals surface area contributed by atoms with E-state index in [0.29, 0.717) is 16.8 Å². The number of nitrogens with zero attached hydrogens (tertiary/aromatic N) is 3. The van der Waals surface area contributed by atoms with Crippen molar-refractivity contribution in [3.05, 3.63) is 96.8 Å². The lowest BCUT2D eigenvalue weighted by Gasteiger charge is -2.53. The number of carbonyl (C=O) groups excluding carboxylic acids is 2. The van der Waals surface area contributed by atoms with Crippen LogP contribution in [0.2, 0.25) is 0 Å². The molecule has 10 nitrogen and oxygen atoms in total. The highest BCUT2D eigenvalue weighted by Gasteiger charge is 2.70. The van der Waals surface area contributed by atoms with Gasteiger partial charge in [-0.25, -0.2) is 23.5 Å². The fraction of sp³-hybridized carbons (Fsp3) is 0.267. The van der Waals surface area contributed by atoms with Crippen molar-refractivity contribution >= 4 is 64.0 Å². The van der Waals surface area contributed by atoms with Crippen molar-refractivity contribution in [2.75, 3.05) is 14.2 Å². The molecule has 44 heavy (non-hydrogen) atoms. The highest BCUT2D eigenvalue weighted by molar-refractivity contribution is 6.66. The average molecular weight is 679 g/mol. The number of rotatable bonds is 5. The molecule has 4 unspecified atom stereocenters. The molecule has 0 bridgehead atoms. The predicted molar refractivity (Wildman–Crippen MR) is 166 cm³/mol. The first-order valence-corrected chi connectivity index (χ1v) is 14.8.